The van der Waals surface area contributed by atoms with Crippen LogP contribution in [0.15, 0.2) is 72.3 Å². The molecule has 7 nitrogen and oxygen atoms in total. The van der Waals surface area contributed by atoms with Gasteiger partial charge in [0.15, 0.2) is 5.13 Å². The third kappa shape index (κ3) is 5.45. The second-order valence-electron chi connectivity index (χ2n) is 9.78. The number of benzene rings is 3. The molecule has 1 atom stereocenters. The van der Waals surface area contributed by atoms with Crippen LogP contribution in [-0.2, 0) is 9.59 Å². The number of aromatic nitrogens is 1. The van der Waals surface area contributed by atoms with E-state index in [-0.39, 0.29) is 11.3 Å². The van der Waals surface area contributed by atoms with Gasteiger partial charge in [-0.15, -0.1) is 0 Å². The van der Waals surface area contributed by atoms with Crippen LogP contribution in [0.2, 0.25) is 0 Å². The van der Waals surface area contributed by atoms with Crippen molar-refractivity contribution in [3.8, 4) is 11.5 Å². The predicted molar refractivity (Wildman–Crippen MR) is 158 cm³/mol. The molecule has 1 amide bonds. The van der Waals surface area contributed by atoms with E-state index in [1.807, 2.05) is 56.3 Å². The largest absolute Gasteiger partial charge is 0.507 e. The van der Waals surface area contributed by atoms with Gasteiger partial charge < -0.3 is 14.6 Å². The van der Waals surface area contributed by atoms with Gasteiger partial charge in [-0.05, 0) is 79.4 Å². The van der Waals surface area contributed by atoms with Crippen molar-refractivity contribution in [1.29, 1.82) is 0 Å². The molecule has 5 rings (SSSR count). The fourth-order valence-electron chi connectivity index (χ4n) is 4.63. The molecule has 0 spiro atoms. The number of hydrogen-bond acceptors (Lipinski definition) is 7. The Balaban J connectivity index is 1.59. The average molecular weight is 557 g/mol. The Bertz CT molecular complexity index is 1560. The van der Waals surface area contributed by atoms with Crippen LogP contribution in [-0.4, -0.2) is 35.0 Å². The summed E-state index contributed by atoms with van der Waals surface area (Å²) in [7, 11) is 0. The summed E-state index contributed by atoms with van der Waals surface area (Å²) in [6, 6.07) is 19.2. The first-order valence-electron chi connectivity index (χ1n) is 13.6. The molecular formula is C32H32N2O5S. The number of unbranched alkanes of at least 4 members (excludes halogenated alkanes) is 1. The Labute approximate surface area is 237 Å². The Morgan fingerprint density at radius 1 is 0.925 bits per heavy atom. The molecular weight excluding hydrogens is 524 g/mol. The highest BCUT2D eigenvalue weighted by atomic mass is 32.1. The van der Waals surface area contributed by atoms with Crippen LogP contribution in [0.5, 0.6) is 11.5 Å². The number of ether oxygens (including phenoxy) is 2. The van der Waals surface area contributed by atoms with Crippen LogP contribution in [0.4, 0.5) is 5.13 Å². The zero-order valence-electron chi connectivity index (χ0n) is 22.8. The van der Waals surface area contributed by atoms with E-state index in [4.69, 9.17) is 14.5 Å². The van der Waals surface area contributed by atoms with E-state index in [1.165, 1.54) is 16.2 Å². The predicted octanol–water partition coefficient (Wildman–Crippen LogP) is 7.20. The van der Waals surface area contributed by atoms with Crippen LogP contribution < -0.4 is 14.4 Å². The molecule has 1 N–H and O–H groups in total. The summed E-state index contributed by atoms with van der Waals surface area (Å²) < 4.78 is 12.4. The zero-order valence-corrected chi connectivity index (χ0v) is 23.7. The van der Waals surface area contributed by atoms with Gasteiger partial charge >= 0.3 is 5.91 Å². The van der Waals surface area contributed by atoms with Crippen molar-refractivity contribution in [2.75, 3.05) is 18.1 Å². The topological polar surface area (TPSA) is 89.0 Å². The molecule has 1 aliphatic heterocycles. The lowest BCUT2D eigenvalue weighted by Gasteiger charge is -2.23. The minimum absolute atomic E-state index is 0.0160. The van der Waals surface area contributed by atoms with Gasteiger partial charge in [0.25, 0.3) is 5.78 Å². The first-order chi connectivity index (χ1) is 19.4. The van der Waals surface area contributed by atoms with Gasteiger partial charge in [-0.25, -0.2) is 4.98 Å². The molecule has 2 heterocycles. The van der Waals surface area contributed by atoms with Crippen molar-refractivity contribution < 1.29 is 24.2 Å². The second kappa shape index (κ2) is 11.9. The van der Waals surface area contributed by atoms with Gasteiger partial charge in [-0.1, -0.05) is 49.8 Å². The van der Waals surface area contributed by atoms with Crippen LogP contribution in [0.1, 0.15) is 55.8 Å². The Hall–Kier alpha value is -4.17. The number of anilines is 1. The fraction of sp³-hybridized carbons (Fsp3) is 0.281. The maximum Gasteiger partial charge on any atom is 0.301 e. The summed E-state index contributed by atoms with van der Waals surface area (Å²) >= 11 is 1.35. The average Bonchev–Trinajstić information content (AvgIpc) is 3.49. The van der Waals surface area contributed by atoms with Crippen molar-refractivity contribution >= 4 is 44.1 Å². The maximum absolute atomic E-state index is 13.5. The molecule has 0 bridgehead atoms. The number of Topliss-reactive ketones (excluding diaryl/α,β-unsaturated/α-hetero) is 1. The number of aliphatic hydroxyl groups excluding tert-OH is 1. The normalized spacial score (nSPS) is 16.6. The Morgan fingerprint density at radius 2 is 1.60 bits per heavy atom. The number of hydrogen-bond donors (Lipinski definition) is 1. The number of aryl methyl sites for hydroxylation is 1. The number of thiazole rings is 1. The molecule has 8 heteroatoms. The molecule has 1 aliphatic rings. The molecule has 1 aromatic heterocycles. The van der Waals surface area contributed by atoms with Crippen LogP contribution in [0, 0.1) is 6.92 Å². The molecule has 1 unspecified atom stereocenters. The minimum Gasteiger partial charge on any atom is -0.507 e. The first-order valence-corrected chi connectivity index (χ1v) is 14.4. The van der Waals surface area contributed by atoms with Gasteiger partial charge in [-0.3, -0.25) is 14.5 Å². The highest BCUT2D eigenvalue weighted by Crippen LogP contribution is 2.44. The summed E-state index contributed by atoms with van der Waals surface area (Å²) in [5.41, 5.74) is 2.93. The maximum atomic E-state index is 13.5. The van der Waals surface area contributed by atoms with Crippen LogP contribution in [0.25, 0.3) is 16.0 Å². The molecule has 1 saturated heterocycles. The number of amides is 1. The van der Waals surface area contributed by atoms with Gasteiger partial charge in [-0.2, -0.15) is 0 Å². The van der Waals surface area contributed by atoms with E-state index in [2.05, 4.69) is 6.92 Å². The zero-order chi connectivity index (χ0) is 28.2. The molecule has 40 heavy (non-hydrogen) atoms. The summed E-state index contributed by atoms with van der Waals surface area (Å²) in [4.78, 5) is 33.2. The summed E-state index contributed by atoms with van der Waals surface area (Å²) in [5, 5.41) is 11.8. The standard InChI is InChI=1S/C32H32N2O5S/c1-4-6-18-39-24-12-8-21(9-13-24)28-27(29(35)22-10-14-23(15-11-22)38-17-5-2)30(36)31(37)34(28)32-33-25-16-7-20(3)19-26(25)40-32/h7-16,19,28,35H,4-6,17-18H2,1-3H3/b29-27+. The van der Waals surface area contributed by atoms with Crippen molar-refractivity contribution in [2.45, 2.75) is 46.1 Å². The number of nitrogens with zero attached hydrogens (tertiary/aromatic N) is 2. The molecule has 1 fully saturated rings. The highest BCUT2D eigenvalue weighted by Gasteiger charge is 2.48. The summed E-state index contributed by atoms with van der Waals surface area (Å²) in [6.07, 6.45) is 2.85. The summed E-state index contributed by atoms with van der Waals surface area (Å²) in [5.74, 6) is -0.361. The number of carbonyl (C=O) groups is 2. The molecule has 0 saturated carbocycles. The highest BCUT2D eigenvalue weighted by molar-refractivity contribution is 7.22. The van der Waals surface area contributed by atoms with Crippen LogP contribution >= 0.6 is 11.3 Å². The van der Waals surface area contributed by atoms with Gasteiger partial charge in [0.05, 0.1) is 35.0 Å². The minimum atomic E-state index is -0.859. The first kappa shape index (κ1) is 27.4. The number of rotatable bonds is 10. The quantitative estimate of drug-likeness (QED) is 0.0962. The van der Waals surface area contributed by atoms with Gasteiger partial charge in [0.2, 0.25) is 0 Å². The lowest BCUT2D eigenvalue weighted by molar-refractivity contribution is -0.132. The third-order valence-electron chi connectivity index (χ3n) is 6.75. The van der Waals surface area contributed by atoms with Crippen molar-refractivity contribution in [1.82, 2.24) is 4.98 Å². The molecule has 206 valence electrons. The van der Waals surface area contributed by atoms with E-state index in [1.54, 1.807) is 24.3 Å². The SMILES string of the molecule is CCCCOc1ccc(C2/C(=C(\O)c3ccc(OCCC)cc3)C(=O)C(=O)N2c2nc3ccc(C)cc3s2)cc1. The number of fused-ring (bicyclic) bond motifs is 1. The Kier molecular flexibility index (Phi) is 8.16. The van der Waals surface area contributed by atoms with Crippen molar-refractivity contribution in [3.63, 3.8) is 0 Å². The van der Waals surface area contributed by atoms with E-state index in [9.17, 15) is 14.7 Å². The summed E-state index contributed by atoms with van der Waals surface area (Å²) in [6.45, 7) is 7.31. The Morgan fingerprint density at radius 3 is 2.27 bits per heavy atom. The van der Waals surface area contributed by atoms with E-state index in [0.717, 1.165) is 35.0 Å². The second-order valence-corrected chi connectivity index (χ2v) is 10.8. The number of aliphatic hydroxyl groups is 1. The smallest absolute Gasteiger partial charge is 0.301 e. The number of ketones is 1. The van der Waals surface area contributed by atoms with Crippen molar-refractivity contribution in [2.24, 2.45) is 0 Å². The molecule has 0 aliphatic carbocycles. The lowest BCUT2D eigenvalue weighted by atomic mass is 9.95. The lowest BCUT2D eigenvalue weighted by Crippen LogP contribution is -2.29. The molecule has 4 aromatic rings. The van der Waals surface area contributed by atoms with Crippen molar-refractivity contribution in [3.05, 3.63) is 89.0 Å². The number of carbonyl (C=O) groups excluding carboxylic acids is 2. The fourth-order valence-corrected chi connectivity index (χ4v) is 5.72. The van der Waals surface area contributed by atoms with Gasteiger partial charge in [0.1, 0.15) is 17.3 Å². The molecule has 3 aromatic carbocycles. The van der Waals surface area contributed by atoms with E-state index < -0.39 is 17.7 Å². The van der Waals surface area contributed by atoms with Crippen LogP contribution in [0.3, 0.4) is 0 Å². The molecule has 0 radical (unpaired) electrons. The van der Waals surface area contributed by atoms with Gasteiger partial charge in [0, 0.05) is 5.56 Å². The van der Waals surface area contributed by atoms with E-state index >= 15 is 0 Å². The monoisotopic (exact) mass is 556 g/mol. The third-order valence-corrected chi connectivity index (χ3v) is 7.76. The van der Waals surface area contributed by atoms with E-state index in [0.29, 0.717) is 41.0 Å².